The van der Waals surface area contributed by atoms with E-state index >= 15 is 0 Å². The Hall–Kier alpha value is -2.77. The van der Waals surface area contributed by atoms with Gasteiger partial charge >= 0.3 is 23.9 Å². The molecule has 0 aliphatic carbocycles. The van der Waals surface area contributed by atoms with Crippen molar-refractivity contribution in [2.24, 2.45) is 5.73 Å². The van der Waals surface area contributed by atoms with Crippen LogP contribution in [0.3, 0.4) is 0 Å². The third-order valence-corrected chi connectivity index (χ3v) is 4.09. The number of hydrogen-bond acceptors (Lipinski definition) is 11. The number of nitrogens with two attached hydrogens (primary N) is 1. The van der Waals surface area contributed by atoms with E-state index in [1.807, 2.05) is 0 Å². The van der Waals surface area contributed by atoms with Crippen LogP contribution in [0.5, 0.6) is 0 Å². The van der Waals surface area contributed by atoms with Crippen molar-refractivity contribution in [2.45, 2.75) is 77.4 Å². The van der Waals surface area contributed by atoms with Gasteiger partial charge in [0, 0.05) is 20.8 Å². The molecule has 0 radical (unpaired) electrons. The summed E-state index contributed by atoms with van der Waals surface area (Å²) >= 11 is 0. The number of nitrogens with one attached hydrogen (secondary N) is 1. The van der Waals surface area contributed by atoms with Crippen LogP contribution in [0.2, 0.25) is 0 Å². The molecule has 1 fully saturated rings. The lowest BCUT2D eigenvalue weighted by atomic mass is 9.99. The second kappa shape index (κ2) is 11.6. The molecule has 0 aromatic rings. The van der Waals surface area contributed by atoms with Gasteiger partial charge in [0.15, 0.2) is 30.6 Å². The predicted molar refractivity (Wildman–Crippen MR) is 100 cm³/mol. The summed E-state index contributed by atoms with van der Waals surface area (Å²) in [5.74, 6) is -4.35. The normalized spacial score (nSPS) is 27.4. The number of carbonyl (C=O) groups excluding carboxylic acids is 4. The lowest BCUT2D eigenvalue weighted by molar-refractivity contribution is -0.301. The second-order valence-corrected chi connectivity index (χ2v) is 6.95. The Balaban J connectivity index is 3.11. The number of carboxylic acids is 1. The molecule has 1 amide bonds. The molecular formula is C18H28N2O11. The third-order valence-electron chi connectivity index (χ3n) is 4.09. The molecule has 176 valence electrons. The minimum absolute atomic E-state index is 0.589. The van der Waals surface area contributed by atoms with Crippen LogP contribution in [-0.4, -0.2) is 84.3 Å². The SMILES string of the molecule is CC(=O)O[C@H]1[C@H](OC(C)=O)[C@@H](OC[C@H](NC(=O)[C@H](C)N)C(=O)O)O[C@@H](C)[C@H]1OC(C)=O. The Morgan fingerprint density at radius 1 is 0.968 bits per heavy atom. The topological polar surface area (TPSA) is 190 Å². The number of hydrogen-bond donors (Lipinski definition) is 3. The molecule has 0 spiro atoms. The van der Waals surface area contributed by atoms with E-state index in [0.717, 1.165) is 20.8 Å². The molecule has 0 bridgehead atoms. The molecule has 31 heavy (non-hydrogen) atoms. The van der Waals surface area contributed by atoms with Crippen molar-refractivity contribution in [1.82, 2.24) is 5.32 Å². The van der Waals surface area contributed by atoms with Crippen LogP contribution >= 0.6 is 0 Å². The first-order valence-electron chi connectivity index (χ1n) is 9.41. The van der Waals surface area contributed by atoms with Gasteiger partial charge in [-0.1, -0.05) is 0 Å². The maximum atomic E-state index is 11.7. The highest BCUT2D eigenvalue weighted by atomic mass is 16.7. The van der Waals surface area contributed by atoms with Gasteiger partial charge in [-0.3, -0.25) is 19.2 Å². The van der Waals surface area contributed by atoms with Crippen LogP contribution in [0.4, 0.5) is 0 Å². The highest BCUT2D eigenvalue weighted by molar-refractivity contribution is 5.86. The van der Waals surface area contributed by atoms with Crippen LogP contribution < -0.4 is 11.1 Å². The molecule has 0 aromatic heterocycles. The van der Waals surface area contributed by atoms with Crippen molar-refractivity contribution < 1.29 is 52.8 Å². The minimum atomic E-state index is -1.49. The fourth-order valence-electron chi connectivity index (χ4n) is 2.77. The van der Waals surface area contributed by atoms with Gasteiger partial charge in [0.2, 0.25) is 5.91 Å². The lowest BCUT2D eigenvalue weighted by Gasteiger charge is -2.43. The Bertz CT molecular complexity index is 696. The van der Waals surface area contributed by atoms with Crippen molar-refractivity contribution in [2.75, 3.05) is 6.61 Å². The quantitative estimate of drug-likeness (QED) is 0.272. The average molecular weight is 448 g/mol. The van der Waals surface area contributed by atoms with E-state index in [2.05, 4.69) is 5.32 Å². The molecule has 13 heteroatoms. The highest BCUT2D eigenvalue weighted by Gasteiger charge is 2.51. The van der Waals surface area contributed by atoms with E-state index in [-0.39, 0.29) is 0 Å². The molecule has 1 saturated heterocycles. The summed E-state index contributed by atoms with van der Waals surface area (Å²) in [6.45, 7) is 5.61. The number of aliphatic carboxylic acids is 1. The Kier molecular flexibility index (Phi) is 9.81. The number of carbonyl (C=O) groups is 5. The molecular weight excluding hydrogens is 420 g/mol. The smallest absolute Gasteiger partial charge is 0.328 e. The van der Waals surface area contributed by atoms with Crippen molar-refractivity contribution in [3.05, 3.63) is 0 Å². The Morgan fingerprint density at radius 2 is 1.45 bits per heavy atom. The summed E-state index contributed by atoms with van der Waals surface area (Å²) in [4.78, 5) is 57.9. The summed E-state index contributed by atoms with van der Waals surface area (Å²) in [6, 6.07) is -2.45. The van der Waals surface area contributed by atoms with Gasteiger partial charge in [-0.15, -0.1) is 0 Å². The number of rotatable bonds is 9. The van der Waals surface area contributed by atoms with Gasteiger partial charge in [-0.2, -0.15) is 0 Å². The maximum absolute atomic E-state index is 11.7. The summed E-state index contributed by atoms with van der Waals surface area (Å²) in [7, 11) is 0. The second-order valence-electron chi connectivity index (χ2n) is 6.95. The van der Waals surface area contributed by atoms with Crippen molar-refractivity contribution >= 4 is 29.8 Å². The minimum Gasteiger partial charge on any atom is -0.480 e. The number of esters is 3. The van der Waals surface area contributed by atoms with Gasteiger partial charge in [0.1, 0.15) is 0 Å². The van der Waals surface area contributed by atoms with E-state index in [4.69, 9.17) is 29.4 Å². The Labute approximate surface area is 178 Å². The molecule has 0 aromatic carbocycles. The number of ether oxygens (including phenoxy) is 5. The first kappa shape index (κ1) is 26.3. The van der Waals surface area contributed by atoms with Crippen LogP contribution in [0.15, 0.2) is 0 Å². The van der Waals surface area contributed by atoms with Gasteiger partial charge in [0.05, 0.1) is 18.8 Å². The van der Waals surface area contributed by atoms with E-state index in [1.54, 1.807) is 0 Å². The molecule has 1 heterocycles. The van der Waals surface area contributed by atoms with Gasteiger partial charge in [0.25, 0.3) is 0 Å². The third kappa shape index (κ3) is 8.11. The van der Waals surface area contributed by atoms with Crippen molar-refractivity contribution in [3.8, 4) is 0 Å². The molecule has 1 aliphatic rings. The molecule has 4 N–H and O–H groups in total. The lowest BCUT2D eigenvalue weighted by Crippen LogP contribution is -2.61. The van der Waals surface area contributed by atoms with Gasteiger partial charge in [-0.25, -0.2) is 4.79 Å². The zero-order valence-corrected chi connectivity index (χ0v) is 17.9. The first-order valence-corrected chi connectivity index (χ1v) is 9.41. The molecule has 0 unspecified atom stereocenters. The molecule has 7 atom stereocenters. The van der Waals surface area contributed by atoms with Gasteiger partial charge < -0.3 is 39.8 Å². The van der Waals surface area contributed by atoms with E-state index in [1.165, 1.54) is 13.8 Å². The monoisotopic (exact) mass is 448 g/mol. The average Bonchev–Trinajstić information content (AvgIpc) is 2.62. The Morgan fingerprint density at radius 3 is 1.90 bits per heavy atom. The van der Waals surface area contributed by atoms with Crippen LogP contribution in [-0.2, 0) is 47.7 Å². The zero-order chi connectivity index (χ0) is 23.9. The zero-order valence-electron chi connectivity index (χ0n) is 17.9. The summed E-state index contributed by atoms with van der Waals surface area (Å²) < 4.78 is 26.6. The first-order chi connectivity index (χ1) is 14.3. The molecule has 13 nitrogen and oxygen atoms in total. The number of amides is 1. The molecule has 0 saturated carbocycles. The van der Waals surface area contributed by atoms with E-state index in [9.17, 15) is 29.1 Å². The van der Waals surface area contributed by atoms with Crippen molar-refractivity contribution in [3.63, 3.8) is 0 Å². The summed E-state index contributed by atoms with van der Waals surface area (Å²) in [5.41, 5.74) is 5.42. The van der Waals surface area contributed by atoms with E-state index in [0.29, 0.717) is 0 Å². The standard InChI is InChI=1S/C18H28N2O11/c1-7(19)16(24)20-12(17(25)26)6-27-18-15(31-11(5)23)14(30-10(4)22)13(8(2)28-18)29-9(3)21/h7-8,12-15,18H,6,19H2,1-5H3,(H,20,24)(H,25,26)/t7-,8-,12-,13+,14+,15-,18-/m0/s1. The maximum Gasteiger partial charge on any atom is 0.328 e. The fourth-order valence-corrected chi connectivity index (χ4v) is 2.77. The van der Waals surface area contributed by atoms with Crippen LogP contribution in [0.25, 0.3) is 0 Å². The molecule has 1 rings (SSSR count). The van der Waals surface area contributed by atoms with Crippen molar-refractivity contribution in [1.29, 1.82) is 0 Å². The van der Waals surface area contributed by atoms with Crippen LogP contribution in [0, 0.1) is 0 Å². The highest BCUT2D eigenvalue weighted by Crippen LogP contribution is 2.29. The largest absolute Gasteiger partial charge is 0.480 e. The van der Waals surface area contributed by atoms with E-state index < -0.39 is 79.2 Å². The molecule has 1 aliphatic heterocycles. The van der Waals surface area contributed by atoms with Crippen LogP contribution in [0.1, 0.15) is 34.6 Å². The fraction of sp³-hybridized carbons (Fsp3) is 0.722. The summed E-state index contributed by atoms with van der Waals surface area (Å²) in [6.07, 6.45) is -6.09. The predicted octanol–water partition coefficient (Wildman–Crippen LogP) is -1.54. The number of carboxylic acid groups (broad SMARTS) is 1. The summed E-state index contributed by atoms with van der Waals surface area (Å²) in [5, 5.41) is 11.5. The van der Waals surface area contributed by atoms with Gasteiger partial charge in [-0.05, 0) is 13.8 Å².